The molecule has 2 amide bonds. The quantitative estimate of drug-likeness (QED) is 0.148. The number of anilines is 1. The molecule has 0 aliphatic carbocycles. The van der Waals surface area contributed by atoms with E-state index in [-0.39, 0.29) is 23.4 Å². The molecule has 0 fully saturated rings. The highest BCUT2D eigenvalue weighted by Crippen LogP contribution is 2.23. The third-order valence-electron chi connectivity index (χ3n) is 7.92. The van der Waals surface area contributed by atoms with E-state index in [0.717, 1.165) is 21.7 Å². The number of aliphatic hydroxyl groups is 1. The summed E-state index contributed by atoms with van der Waals surface area (Å²) in [6, 6.07) is 25.5. The Morgan fingerprint density at radius 3 is 2.12 bits per heavy atom. The molecule has 4 aromatic rings. The van der Waals surface area contributed by atoms with E-state index in [2.05, 4.69) is 16.0 Å². The molecule has 4 N–H and O–H groups in total. The van der Waals surface area contributed by atoms with Gasteiger partial charge in [0.05, 0.1) is 37.2 Å². The molecular weight excluding hydrogens is 635 g/mol. The molecule has 3 atom stereocenters. The smallest absolute Gasteiger partial charge is 0.251 e. The fourth-order valence-corrected chi connectivity index (χ4v) is 5.54. The molecule has 4 rings (SSSR count). The van der Waals surface area contributed by atoms with Gasteiger partial charge in [-0.15, -0.1) is 0 Å². The molecule has 3 unspecified atom stereocenters. The molecule has 0 radical (unpaired) electrons. The maximum Gasteiger partial charge on any atom is 0.251 e. The lowest BCUT2D eigenvalue weighted by Crippen LogP contribution is -2.48. The van der Waals surface area contributed by atoms with Crippen LogP contribution < -0.4 is 25.0 Å². The van der Waals surface area contributed by atoms with Gasteiger partial charge in [-0.05, 0) is 72.5 Å². The van der Waals surface area contributed by atoms with Gasteiger partial charge in [-0.1, -0.05) is 54.6 Å². The highest BCUT2D eigenvalue weighted by Gasteiger charge is 2.25. The SMILES string of the molecule is COc1cccc(CNCC(O)C(Cc2ccccc2)NC(=O)c2cc(C(=O)NC(C)c3ccc(F)cc3)cc(N(C)S(C)(=O)=O)c2)c1. The number of aliphatic hydroxyl groups excluding tert-OH is 1. The minimum absolute atomic E-state index is 0.0252. The Morgan fingerprint density at radius 1 is 0.875 bits per heavy atom. The van der Waals surface area contributed by atoms with Gasteiger partial charge < -0.3 is 25.8 Å². The minimum Gasteiger partial charge on any atom is -0.497 e. The number of ether oxygens (including phenoxy) is 1. The summed E-state index contributed by atoms with van der Waals surface area (Å²) in [6.45, 7) is 2.33. The van der Waals surface area contributed by atoms with Crippen molar-refractivity contribution in [2.75, 3.05) is 31.3 Å². The van der Waals surface area contributed by atoms with E-state index >= 15 is 0 Å². The third kappa shape index (κ3) is 10.1. The van der Waals surface area contributed by atoms with Crippen LogP contribution in [0, 0.1) is 5.82 Å². The summed E-state index contributed by atoms with van der Waals surface area (Å²) < 4.78 is 44.6. The van der Waals surface area contributed by atoms with Crippen molar-refractivity contribution < 1.29 is 32.2 Å². The number of amides is 2. The zero-order valence-electron chi connectivity index (χ0n) is 27.3. The van der Waals surface area contributed by atoms with E-state index in [1.165, 1.54) is 37.4 Å². The lowest BCUT2D eigenvalue weighted by atomic mass is 10.00. The molecule has 0 bridgehead atoms. The summed E-state index contributed by atoms with van der Waals surface area (Å²) in [5.74, 6) is -0.863. The van der Waals surface area contributed by atoms with E-state index in [0.29, 0.717) is 24.3 Å². The Balaban J connectivity index is 1.58. The highest BCUT2D eigenvalue weighted by molar-refractivity contribution is 7.92. The zero-order valence-corrected chi connectivity index (χ0v) is 28.1. The molecule has 0 aliphatic heterocycles. The second-order valence-corrected chi connectivity index (χ2v) is 13.6. The summed E-state index contributed by atoms with van der Waals surface area (Å²) in [7, 11) is -0.834. The zero-order chi connectivity index (χ0) is 34.8. The molecule has 4 aromatic carbocycles. The predicted octanol–water partition coefficient (Wildman–Crippen LogP) is 4.21. The number of nitrogens with zero attached hydrogens (tertiary/aromatic N) is 1. The number of halogens is 1. The highest BCUT2D eigenvalue weighted by atomic mass is 32.2. The number of hydrogen-bond donors (Lipinski definition) is 4. The molecule has 48 heavy (non-hydrogen) atoms. The number of methoxy groups -OCH3 is 1. The molecule has 0 aromatic heterocycles. The van der Waals surface area contributed by atoms with Gasteiger partial charge in [-0.3, -0.25) is 13.9 Å². The number of carbonyl (C=O) groups excluding carboxylic acids is 2. The molecule has 0 aliphatic rings. The van der Waals surface area contributed by atoms with Gasteiger partial charge in [0.25, 0.3) is 11.8 Å². The Hall–Kier alpha value is -4.78. The van der Waals surface area contributed by atoms with Crippen LogP contribution in [0.15, 0.2) is 97.1 Å². The number of nitrogens with one attached hydrogen (secondary N) is 3. The van der Waals surface area contributed by atoms with Crippen molar-refractivity contribution in [1.29, 1.82) is 0 Å². The van der Waals surface area contributed by atoms with Crippen molar-refractivity contribution in [2.24, 2.45) is 0 Å². The Labute approximate surface area is 281 Å². The normalized spacial score (nSPS) is 13.2. The molecule has 0 spiro atoms. The predicted molar refractivity (Wildman–Crippen MR) is 184 cm³/mol. The lowest BCUT2D eigenvalue weighted by Gasteiger charge is -2.26. The van der Waals surface area contributed by atoms with Gasteiger partial charge in [-0.25, -0.2) is 12.8 Å². The van der Waals surface area contributed by atoms with Crippen LogP contribution in [0.1, 0.15) is 50.4 Å². The molecule has 0 saturated carbocycles. The number of rotatable bonds is 15. The van der Waals surface area contributed by atoms with Crippen molar-refractivity contribution in [2.45, 2.75) is 38.1 Å². The van der Waals surface area contributed by atoms with Gasteiger partial charge >= 0.3 is 0 Å². The van der Waals surface area contributed by atoms with Gasteiger partial charge in [0, 0.05) is 31.3 Å². The largest absolute Gasteiger partial charge is 0.497 e. The lowest BCUT2D eigenvalue weighted by molar-refractivity contribution is 0.0830. The summed E-state index contributed by atoms with van der Waals surface area (Å²) in [5, 5.41) is 20.2. The van der Waals surface area contributed by atoms with Gasteiger partial charge in [0.15, 0.2) is 0 Å². The van der Waals surface area contributed by atoms with Crippen LogP contribution in [0.25, 0.3) is 0 Å². The number of benzene rings is 4. The van der Waals surface area contributed by atoms with Gasteiger partial charge in [-0.2, -0.15) is 0 Å². The first-order valence-corrected chi connectivity index (χ1v) is 17.2. The van der Waals surface area contributed by atoms with Crippen LogP contribution in [-0.4, -0.2) is 64.4 Å². The first kappa shape index (κ1) is 36.1. The van der Waals surface area contributed by atoms with Crippen molar-refractivity contribution in [1.82, 2.24) is 16.0 Å². The fraction of sp³-hybridized carbons (Fsp3) is 0.278. The van der Waals surface area contributed by atoms with Crippen molar-refractivity contribution >= 4 is 27.5 Å². The van der Waals surface area contributed by atoms with E-state index < -0.39 is 45.8 Å². The molecule has 0 heterocycles. The van der Waals surface area contributed by atoms with Crippen LogP contribution in [-0.2, 0) is 23.0 Å². The topological polar surface area (TPSA) is 137 Å². The summed E-state index contributed by atoms with van der Waals surface area (Å²) in [5.41, 5.74) is 2.67. The van der Waals surface area contributed by atoms with Crippen LogP contribution >= 0.6 is 0 Å². The maximum atomic E-state index is 13.8. The first-order valence-electron chi connectivity index (χ1n) is 15.4. The number of sulfonamides is 1. The molecule has 0 saturated heterocycles. The molecule has 10 nitrogen and oxygen atoms in total. The van der Waals surface area contributed by atoms with Crippen molar-refractivity contribution in [3.8, 4) is 5.75 Å². The Kier molecular flexibility index (Phi) is 12.3. The summed E-state index contributed by atoms with van der Waals surface area (Å²) >= 11 is 0. The van der Waals surface area contributed by atoms with Crippen LogP contribution in [0.4, 0.5) is 10.1 Å². The molecular formula is C36H41FN4O6S. The van der Waals surface area contributed by atoms with E-state index in [1.807, 2.05) is 54.6 Å². The fourth-order valence-electron chi connectivity index (χ4n) is 5.05. The van der Waals surface area contributed by atoms with Crippen LogP contribution in [0.5, 0.6) is 5.75 Å². The Bertz CT molecular complexity index is 1810. The van der Waals surface area contributed by atoms with E-state index in [1.54, 1.807) is 26.2 Å². The number of hydrogen-bond acceptors (Lipinski definition) is 7. The maximum absolute atomic E-state index is 13.8. The monoisotopic (exact) mass is 676 g/mol. The van der Waals surface area contributed by atoms with E-state index in [9.17, 15) is 27.5 Å². The molecule has 12 heteroatoms. The van der Waals surface area contributed by atoms with Crippen molar-refractivity contribution in [3.05, 3.63) is 131 Å². The second-order valence-electron chi connectivity index (χ2n) is 11.6. The number of carbonyl (C=O) groups is 2. The van der Waals surface area contributed by atoms with Gasteiger partial charge in [0.1, 0.15) is 11.6 Å². The third-order valence-corrected chi connectivity index (χ3v) is 9.12. The summed E-state index contributed by atoms with van der Waals surface area (Å²) in [4.78, 5) is 27.2. The first-order chi connectivity index (χ1) is 22.8. The van der Waals surface area contributed by atoms with E-state index in [4.69, 9.17) is 4.74 Å². The van der Waals surface area contributed by atoms with Crippen LogP contribution in [0.2, 0.25) is 0 Å². The second kappa shape index (κ2) is 16.4. The Morgan fingerprint density at radius 2 is 1.50 bits per heavy atom. The van der Waals surface area contributed by atoms with Gasteiger partial charge in [0.2, 0.25) is 10.0 Å². The van der Waals surface area contributed by atoms with Crippen molar-refractivity contribution in [3.63, 3.8) is 0 Å². The minimum atomic E-state index is -3.75. The standard InChI is InChI=1S/C36H41FN4O6S/c1-24(27-13-15-30(37)16-14-27)39-35(43)28-19-29(21-31(20-28)41(2)48(4,45)46)36(44)40-33(18-25-9-6-5-7-10-25)34(42)23-38-22-26-11-8-12-32(17-26)47-3/h5-17,19-21,24,33-34,38,42H,18,22-23H2,1-4H3,(H,39,43)(H,40,44). The van der Waals surface area contributed by atoms with Crippen LogP contribution in [0.3, 0.4) is 0 Å². The summed E-state index contributed by atoms with van der Waals surface area (Å²) in [6.07, 6.45) is 0.307. The molecule has 254 valence electrons. The average Bonchev–Trinajstić information content (AvgIpc) is 3.07. The average molecular weight is 677 g/mol.